The highest BCUT2D eigenvalue weighted by Gasteiger charge is 2.34. The van der Waals surface area contributed by atoms with E-state index in [0.29, 0.717) is 24.9 Å². The number of aromatic nitrogens is 2. The molecule has 1 aromatic rings. The SMILES string of the molecule is CCC1CCC(NS(=O)(=O)c2cnn(CCCN)c2)C1C. The highest BCUT2D eigenvalue weighted by atomic mass is 32.2. The molecule has 1 heterocycles. The number of nitrogens with one attached hydrogen (secondary N) is 1. The average Bonchev–Trinajstić information content (AvgIpc) is 3.05. The van der Waals surface area contributed by atoms with E-state index in [1.165, 1.54) is 6.20 Å². The van der Waals surface area contributed by atoms with Crippen LogP contribution in [0.15, 0.2) is 17.3 Å². The quantitative estimate of drug-likeness (QED) is 0.794. The van der Waals surface area contributed by atoms with Crippen LogP contribution in [0.25, 0.3) is 0 Å². The standard InChI is InChI=1S/C14H26N4O2S/c1-3-12-5-6-14(11(12)2)17-21(19,20)13-9-16-18(10-13)8-4-7-15/h9-12,14,17H,3-8,15H2,1-2H3. The molecule has 1 aliphatic carbocycles. The zero-order chi connectivity index (χ0) is 15.5. The number of sulfonamides is 1. The lowest BCUT2D eigenvalue weighted by molar-refractivity contribution is 0.368. The number of hydrogen-bond donors (Lipinski definition) is 2. The van der Waals surface area contributed by atoms with Crippen molar-refractivity contribution >= 4 is 10.0 Å². The Balaban J connectivity index is 2.03. The molecule has 0 aliphatic heterocycles. The number of hydrogen-bond acceptors (Lipinski definition) is 4. The molecule has 0 aromatic carbocycles. The van der Waals surface area contributed by atoms with Crippen molar-refractivity contribution in [1.82, 2.24) is 14.5 Å². The summed E-state index contributed by atoms with van der Waals surface area (Å²) in [6, 6.07) is 0.0346. The minimum absolute atomic E-state index is 0.0346. The van der Waals surface area contributed by atoms with Gasteiger partial charge >= 0.3 is 0 Å². The predicted molar refractivity (Wildman–Crippen MR) is 82.2 cm³/mol. The second-order valence-electron chi connectivity index (χ2n) is 5.91. The van der Waals surface area contributed by atoms with E-state index >= 15 is 0 Å². The molecule has 3 atom stereocenters. The van der Waals surface area contributed by atoms with Crippen LogP contribution in [0.1, 0.15) is 39.5 Å². The highest BCUT2D eigenvalue weighted by Crippen LogP contribution is 2.34. The van der Waals surface area contributed by atoms with Gasteiger partial charge in [0.2, 0.25) is 10.0 Å². The molecule has 0 amide bonds. The summed E-state index contributed by atoms with van der Waals surface area (Å²) in [6.45, 7) is 5.51. The van der Waals surface area contributed by atoms with Crippen molar-refractivity contribution in [2.75, 3.05) is 6.54 Å². The van der Waals surface area contributed by atoms with Crippen molar-refractivity contribution < 1.29 is 8.42 Å². The van der Waals surface area contributed by atoms with Gasteiger partial charge in [0.1, 0.15) is 4.90 Å². The summed E-state index contributed by atoms with van der Waals surface area (Å²) in [5, 5.41) is 4.09. The van der Waals surface area contributed by atoms with Crippen molar-refractivity contribution in [3.05, 3.63) is 12.4 Å². The van der Waals surface area contributed by atoms with Crippen LogP contribution in [0.3, 0.4) is 0 Å². The van der Waals surface area contributed by atoms with Crippen molar-refractivity contribution in [1.29, 1.82) is 0 Å². The lowest BCUT2D eigenvalue weighted by Crippen LogP contribution is -2.37. The molecular formula is C14H26N4O2S. The molecule has 3 N–H and O–H groups in total. The third-order valence-corrected chi connectivity index (χ3v) is 6.01. The van der Waals surface area contributed by atoms with E-state index in [1.54, 1.807) is 10.9 Å². The maximum absolute atomic E-state index is 12.4. The molecule has 0 saturated heterocycles. The molecule has 2 rings (SSSR count). The van der Waals surface area contributed by atoms with Crippen LogP contribution in [0, 0.1) is 11.8 Å². The number of nitrogens with zero attached hydrogens (tertiary/aromatic N) is 2. The van der Waals surface area contributed by atoms with Gasteiger partial charge in [-0.15, -0.1) is 0 Å². The second-order valence-corrected chi connectivity index (χ2v) is 7.63. The van der Waals surface area contributed by atoms with E-state index < -0.39 is 10.0 Å². The Morgan fingerprint density at radius 2 is 2.24 bits per heavy atom. The van der Waals surface area contributed by atoms with Crippen molar-refractivity contribution in [2.45, 2.75) is 57.0 Å². The van der Waals surface area contributed by atoms with Gasteiger partial charge in [-0.05, 0) is 37.6 Å². The summed E-state index contributed by atoms with van der Waals surface area (Å²) in [5.41, 5.74) is 5.45. The van der Waals surface area contributed by atoms with Crippen LogP contribution in [0.2, 0.25) is 0 Å². The van der Waals surface area contributed by atoms with Gasteiger partial charge in [-0.1, -0.05) is 20.3 Å². The predicted octanol–water partition coefficient (Wildman–Crippen LogP) is 1.33. The Labute approximate surface area is 127 Å². The van der Waals surface area contributed by atoms with E-state index in [0.717, 1.165) is 25.7 Å². The minimum Gasteiger partial charge on any atom is -0.330 e. The third-order valence-electron chi connectivity index (χ3n) is 4.57. The van der Waals surface area contributed by atoms with E-state index in [-0.39, 0.29) is 10.9 Å². The maximum Gasteiger partial charge on any atom is 0.243 e. The fraction of sp³-hybridized carbons (Fsp3) is 0.786. The van der Waals surface area contributed by atoms with Gasteiger partial charge in [0.15, 0.2) is 0 Å². The molecule has 3 unspecified atom stereocenters. The fourth-order valence-electron chi connectivity index (χ4n) is 3.12. The molecule has 7 heteroatoms. The van der Waals surface area contributed by atoms with Gasteiger partial charge in [-0.2, -0.15) is 5.10 Å². The van der Waals surface area contributed by atoms with Gasteiger partial charge < -0.3 is 5.73 Å². The fourth-order valence-corrected chi connectivity index (χ4v) is 4.43. The summed E-state index contributed by atoms with van der Waals surface area (Å²) in [6.07, 6.45) is 6.90. The summed E-state index contributed by atoms with van der Waals surface area (Å²) in [5.74, 6) is 1.00. The first kappa shape index (κ1) is 16.5. The van der Waals surface area contributed by atoms with Gasteiger partial charge in [-0.3, -0.25) is 4.68 Å². The summed E-state index contributed by atoms with van der Waals surface area (Å²) in [4.78, 5) is 0.242. The Kier molecular flexibility index (Phi) is 5.40. The van der Waals surface area contributed by atoms with Crippen LogP contribution in [-0.2, 0) is 16.6 Å². The van der Waals surface area contributed by atoms with Crippen LogP contribution in [0.5, 0.6) is 0 Å². The van der Waals surface area contributed by atoms with Crippen molar-refractivity contribution in [3.8, 4) is 0 Å². The molecule has 1 saturated carbocycles. The average molecular weight is 314 g/mol. The van der Waals surface area contributed by atoms with Crippen LogP contribution in [-0.4, -0.2) is 30.8 Å². The number of aryl methyl sites for hydroxylation is 1. The van der Waals surface area contributed by atoms with E-state index in [1.807, 2.05) is 0 Å². The minimum atomic E-state index is -3.48. The summed E-state index contributed by atoms with van der Waals surface area (Å²) in [7, 11) is -3.48. The normalized spacial score (nSPS) is 26.3. The molecule has 1 fully saturated rings. The number of nitrogens with two attached hydrogens (primary N) is 1. The van der Waals surface area contributed by atoms with Gasteiger partial charge in [0, 0.05) is 18.8 Å². The van der Waals surface area contributed by atoms with Gasteiger partial charge in [-0.25, -0.2) is 13.1 Å². The first-order chi connectivity index (χ1) is 9.97. The van der Waals surface area contributed by atoms with Gasteiger partial charge in [0.05, 0.1) is 6.20 Å². The Morgan fingerprint density at radius 3 is 2.86 bits per heavy atom. The molecule has 120 valence electrons. The van der Waals surface area contributed by atoms with Crippen LogP contribution in [0.4, 0.5) is 0 Å². The Morgan fingerprint density at radius 1 is 1.48 bits per heavy atom. The topological polar surface area (TPSA) is 90.0 Å². The lowest BCUT2D eigenvalue weighted by Gasteiger charge is -2.20. The highest BCUT2D eigenvalue weighted by molar-refractivity contribution is 7.89. The molecule has 0 bridgehead atoms. The second kappa shape index (κ2) is 6.89. The van der Waals surface area contributed by atoms with E-state index in [4.69, 9.17) is 5.73 Å². The molecule has 1 aromatic heterocycles. The van der Waals surface area contributed by atoms with E-state index in [9.17, 15) is 8.42 Å². The molecule has 1 aliphatic rings. The monoisotopic (exact) mass is 314 g/mol. The molecular weight excluding hydrogens is 288 g/mol. The van der Waals surface area contributed by atoms with Crippen LogP contribution < -0.4 is 10.5 Å². The van der Waals surface area contributed by atoms with E-state index in [2.05, 4.69) is 23.7 Å². The lowest BCUT2D eigenvalue weighted by atomic mass is 9.94. The first-order valence-electron chi connectivity index (χ1n) is 7.72. The summed E-state index contributed by atoms with van der Waals surface area (Å²) >= 11 is 0. The largest absolute Gasteiger partial charge is 0.330 e. The van der Waals surface area contributed by atoms with Crippen molar-refractivity contribution in [2.24, 2.45) is 17.6 Å². The Hall–Kier alpha value is -0.920. The zero-order valence-electron chi connectivity index (χ0n) is 12.8. The molecule has 0 spiro atoms. The zero-order valence-corrected chi connectivity index (χ0v) is 13.6. The Bertz CT molecular complexity index is 555. The van der Waals surface area contributed by atoms with Crippen LogP contribution >= 0.6 is 0 Å². The summed E-state index contributed by atoms with van der Waals surface area (Å²) < 4.78 is 29.3. The first-order valence-corrected chi connectivity index (χ1v) is 9.21. The van der Waals surface area contributed by atoms with Gasteiger partial charge in [0.25, 0.3) is 0 Å². The smallest absolute Gasteiger partial charge is 0.243 e. The molecule has 0 radical (unpaired) electrons. The molecule has 6 nitrogen and oxygen atoms in total. The number of rotatable bonds is 7. The van der Waals surface area contributed by atoms with Crippen molar-refractivity contribution in [3.63, 3.8) is 0 Å². The molecule has 21 heavy (non-hydrogen) atoms. The third kappa shape index (κ3) is 3.84. The maximum atomic E-state index is 12.4.